The molecule has 1 N–H and O–H groups in total. The van der Waals surface area contributed by atoms with Gasteiger partial charge < -0.3 is 10.2 Å². The van der Waals surface area contributed by atoms with E-state index in [-0.39, 0.29) is 0 Å². The van der Waals surface area contributed by atoms with E-state index in [0.29, 0.717) is 5.41 Å². The van der Waals surface area contributed by atoms with Crippen molar-refractivity contribution >= 4 is 11.8 Å². The molecule has 1 fully saturated rings. The van der Waals surface area contributed by atoms with Crippen LogP contribution in [0.3, 0.4) is 0 Å². The maximum Gasteiger partial charge on any atom is 0.224 e. The van der Waals surface area contributed by atoms with Crippen LogP contribution in [0.4, 0.5) is 11.8 Å². The van der Waals surface area contributed by atoms with Gasteiger partial charge >= 0.3 is 0 Å². The number of hydrogen-bond acceptors (Lipinski definition) is 4. The molecule has 0 saturated carbocycles. The smallest absolute Gasteiger partial charge is 0.224 e. The summed E-state index contributed by atoms with van der Waals surface area (Å²) in [6, 6.07) is 2.00. The van der Waals surface area contributed by atoms with E-state index in [1.54, 1.807) is 0 Å². The van der Waals surface area contributed by atoms with Gasteiger partial charge in [-0.15, -0.1) is 0 Å². The molecular weight excluding hydrogens is 212 g/mol. The molecule has 0 amide bonds. The van der Waals surface area contributed by atoms with Crippen LogP contribution in [0.2, 0.25) is 0 Å². The molecule has 0 radical (unpaired) electrons. The molecule has 0 spiro atoms. The molecule has 2 heterocycles. The highest BCUT2D eigenvalue weighted by Crippen LogP contribution is 2.31. The summed E-state index contributed by atoms with van der Waals surface area (Å²) in [5.74, 6) is 1.79. The third kappa shape index (κ3) is 3.08. The predicted octanol–water partition coefficient (Wildman–Crippen LogP) is 2.53. The average Bonchev–Trinajstić information content (AvgIpc) is 2.67. The molecular formula is C13H22N4. The lowest BCUT2D eigenvalue weighted by atomic mass is 9.93. The summed E-state index contributed by atoms with van der Waals surface area (Å²) >= 11 is 0. The molecule has 17 heavy (non-hydrogen) atoms. The Labute approximate surface area is 103 Å². The van der Waals surface area contributed by atoms with Gasteiger partial charge in [-0.3, -0.25) is 0 Å². The Hall–Kier alpha value is -1.32. The Bertz CT molecular complexity index is 375. The number of nitrogens with one attached hydrogen (secondary N) is 1. The zero-order valence-corrected chi connectivity index (χ0v) is 11.0. The van der Waals surface area contributed by atoms with Crippen molar-refractivity contribution in [3.05, 3.63) is 12.3 Å². The van der Waals surface area contributed by atoms with Gasteiger partial charge in [-0.25, -0.2) is 4.98 Å². The minimum atomic E-state index is 0.405. The number of anilines is 2. The minimum absolute atomic E-state index is 0.405. The fraction of sp³-hybridized carbons (Fsp3) is 0.692. The SMILES string of the molecule is CCCNc1nccc(N2CCC(C)(C)C2)n1. The molecule has 4 nitrogen and oxygen atoms in total. The van der Waals surface area contributed by atoms with E-state index in [1.165, 1.54) is 6.42 Å². The fourth-order valence-electron chi connectivity index (χ4n) is 2.16. The van der Waals surface area contributed by atoms with Gasteiger partial charge in [0.2, 0.25) is 5.95 Å². The molecule has 0 aliphatic carbocycles. The van der Waals surface area contributed by atoms with Crippen LogP contribution in [0, 0.1) is 5.41 Å². The maximum absolute atomic E-state index is 4.56. The number of hydrogen-bond donors (Lipinski definition) is 1. The van der Waals surface area contributed by atoms with Crippen LogP contribution < -0.4 is 10.2 Å². The summed E-state index contributed by atoms with van der Waals surface area (Å²) < 4.78 is 0. The highest BCUT2D eigenvalue weighted by atomic mass is 15.2. The lowest BCUT2D eigenvalue weighted by Crippen LogP contribution is -2.24. The van der Waals surface area contributed by atoms with Gasteiger partial charge in [0.15, 0.2) is 0 Å². The van der Waals surface area contributed by atoms with E-state index in [9.17, 15) is 0 Å². The van der Waals surface area contributed by atoms with Crippen molar-refractivity contribution in [2.75, 3.05) is 29.9 Å². The quantitative estimate of drug-likeness (QED) is 0.869. The second kappa shape index (κ2) is 4.90. The third-order valence-electron chi connectivity index (χ3n) is 3.18. The van der Waals surface area contributed by atoms with Crippen LogP contribution in [-0.4, -0.2) is 29.6 Å². The Morgan fingerprint density at radius 3 is 2.94 bits per heavy atom. The van der Waals surface area contributed by atoms with Crippen LogP contribution in [-0.2, 0) is 0 Å². The standard InChI is InChI=1S/C13H22N4/c1-4-7-14-12-15-8-5-11(16-12)17-9-6-13(2,3)10-17/h5,8H,4,6-7,9-10H2,1-3H3,(H,14,15,16). The van der Waals surface area contributed by atoms with Gasteiger partial charge in [0.05, 0.1) is 0 Å². The normalized spacial score (nSPS) is 18.4. The van der Waals surface area contributed by atoms with Crippen molar-refractivity contribution in [3.8, 4) is 0 Å². The van der Waals surface area contributed by atoms with Crippen molar-refractivity contribution in [2.24, 2.45) is 5.41 Å². The van der Waals surface area contributed by atoms with Crippen LogP contribution in [0.5, 0.6) is 0 Å². The monoisotopic (exact) mass is 234 g/mol. The van der Waals surface area contributed by atoms with Gasteiger partial charge in [0, 0.05) is 25.8 Å². The van der Waals surface area contributed by atoms with E-state index in [1.807, 2.05) is 12.3 Å². The highest BCUT2D eigenvalue weighted by molar-refractivity contribution is 5.43. The van der Waals surface area contributed by atoms with Crippen molar-refractivity contribution < 1.29 is 0 Å². The van der Waals surface area contributed by atoms with E-state index < -0.39 is 0 Å². The van der Waals surface area contributed by atoms with Crippen LogP contribution in [0.1, 0.15) is 33.6 Å². The maximum atomic E-state index is 4.56. The molecule has 94 valence electrons. The first-order valence-electron chi connectivity index (χ1n) is 6.42. The second-order valence-corrected chi connectivity index (χ2v) is 5.50. The number of rotatable bonds is 4. The molecule has 1 aliphatic rings. The van der Waals surface area contributed by atoms with Crippen LogP contribution in [0.25, 0.3) is 0 Å². The largest absolute Gasteiger partial charge is 0.356 e. The summed E-state index contributed by atoms with van der Waals surface area (Å²) in [4.78, 5) is 11.1. The first-order valence-corrected chi connectivity index (χ1v) is 6.42. The first-order chi connectivity index (χ1) is 8.11. The predicted molar refractivity (Wildman–Crippen MR) is 71.4 cm³/mol. The van der Waals surface area contributed by atoms with Gasteiger partial charge in [-0.2, -0.15) is 4.98 Å². The van der Waals surface area contributed by atoms with E-state index in [4.69, 9.17) is 0 Å². The molecule has 0 atom stereocenters. The highest BCUT2D eigenvalue weighted by Gasteiger charge is 2.29. The summed E-state index contributed by atoms with van der Waals surface area (Å²) in [6.45, 7) is 9.86. The van der Waals surface area contributed by atoms with Gasteiger partial charge in [-0.1, -0.05) is 20.8 Å². The summed E-state index contributed by atoms with van der Waals surface area (Å²) in [7, 11) is 0. The summed E-state index contributed by atoms with van der Waals surface area (Å²) in [5, 5.41) is 3.23. The Morgan fingerprint density at radius 2 is 2.29 bits per heavy atom. The molecule has 0 aromatic carbocycles. The molecule has 0 unspecified atom stereocenters. The zero-order chi connectivity index (χ0) is 12.3. The van der Waals surface area contributed by atoms with Gasteiger partial charge in [0.25, 0.3) is 0 Å². The first kappa shape index (κ1) is 12.1. The van der Waals surface area contributed by atoms with E-state index in [0.717, 1.165) is 37.8 Å². The van der Waals surface area contributed by atoms with E-state index in [2.05, 4.69) is 41.0 Å². The Balaban J connectivity index is 2.06. The number of nitrogens with zero attached hydrogens (tertiary/aromatic N) is 3. The Morgan fingerprint density at radius 1 is 1.47 bits per heavy atom. The molecule has 0 bridgehead atoms. The summed E-state index contributed by atoms with van der Waals surface area (Å²) in [6.07, 6.45) is 4.16. The van der Waals surface area contributed by atoms with Crippen LogP contribution >= 0.6 is 0 Å². The molecule has 1 aromatic heterocycles. The zero-order valence-electron chi connectivity index (χ0n) is 11.0. The Kier molecular flexibility index (Phi) is 3.50. The molecule has 1 aliphatic heterocycles. The van der Waals surface area contributed by atoms with Crippen molar-refractivity contribution in [1.82, 2.24) is 9.97 Å². The van der Waals surface area contributed by atoms with Crippen molar-refractivity contribution in [2.45, 2.75) is 33.6 Å². The molecule has 1 aromatic rings. The van der Waals surface area contributed by atoms with Crippen molar-refractivity contribution in [3.63, 3.8) is 0 Å². The third-order valence-corrected chi connectivity index (χ3v) is 3.18. The second-order valence-electron chi connectivity index (χ2n) is 5.50. The van der Waals surface area contributed by atoms with Gasteiger partial charge in [-0.05, 0) is 24.3 Å². The van der Waals surface area contributed by atoms with E-state index >= 15 is 0 Å². The summed E-state index contributed by atoms with van der Waals surface area (Å²) in [5.41, 5.74) is 0.405. The molecule has 1 saturated heterocycles. The molecule has 2 rings (SSSR count). The average molecular weight is 234 g/mol. The molecule has 4 heteroatoms. The lowest BCUT2D eigenvalue weighted by molar-refractivity contribution is 0.418. The lowest BCUT2D eigenvalue weighted by Gasteiger charge is -2.20. The number of aromatic nitrogens is 2. The van der Waals surface area contributed by atoms with Crippen LogP contribution in [0.15, 0.2) is 12.3 Å². The topological polar surface area (TPSA) is 41.1 Å². The minimum Gasteiger partial charge on any atom is -0.356 e. The van der Waals surface area contributed by atoms with Crippen molar-refractivity contribution in [1.29, 1.82) is 0 Å². The van der Waals surface area contributed by atoms with Gasteiger partial charge in [0.1, 0.15) is 5.82 Å². The fourth-order valence-corrected chi connectivity index (χ4v) is 2.16.